The van der Waals surface area contributed by atoms with Gasteiger partial charge in [-0.15, -0.1) is 18.3 Å². The fourth-order valence-corrected chi connectivity index (χ4v) is 5.21. The predicted octanol–water partition coefficient (Wildman–Crippen LogP) is 6.53. The molecule has 0 saturated carbocycles. The number of para-hydroxylation sites is 1. The van der Waals surface area contributed by atoms with Crippen LogP contribution in [0, 0.1) is 0 Å². The van der Waals surface area contributed by atoms with Gasteiger partial charge in [-0.25, -0.2) is 19.9 Å². The van der Waals surface area contributed by atoms with Gasteiger partial charge in [0.2, 0.25) is 5.91 Å². The maximum atomic E-state index is 12.7. The molecule has 0 radical (unpaired) electrons. The molecule has 1 fully saturated rings. The highest BCUT2D eigenvalue weighted by molar-refractivity contribution is 8.15. The summed E-state index contributed by atoms with van der Waals surface area (Å²) in [6.45, 7) is 5.79. The predicted molar refractivity (Wildman–Crippen MR) is 162 cm³/mol. The van der Waals surface area contributed by atoms with E-state index in [-0.39, 0.29) is 28.5 Å². The monoisotopic (exact) mass is 621 g/mol. The number of amidine groups is 1. The smallest absolute Gasteiger partial charge is 0.406 e. The third kappa shape index (κ3) is 7.14. The summed E-state index contributed by atoms with van der Waals surface area (Å²) >= 11 is 1.19. The Balaban J connectivity index is 1.24. The Morgan fingerprint density at radius 1 is 1.05 bits per heavy atom. The van der Waals surface area contributed by atoms with Crippen LogP contribution in [-0.2, 0) is 4.79 Å². The zero-order valence-corrected chi connectivity index (χ0v) is 24.6. The Bertz CT molecular complexity index is 1730. The highest BCUT2D eigenvalue weighted by atomic mass is 32.2. The number of amides is 3. The molecule has 4 aromatic rings. The Kier molecular flexibility index (Phi) is 8.81. The number of hydrogen-bond donors (Lipinski definition) is 1. The number of rotatable bonds is 7. The molecule has 1 saturated heterocycles. The maximum Gasteiger partial charge on any atom is 0.573 e. The van der Waals surface area contributed by atoms with E-state index in [0.717, 1.165) is 11.1 Å². The van der Waals surface area contributed by atoms with Crippen LogP contribution in [0.25, 0.3) is 17.1 Å². The van der Waals surface area contributed by atoms with Crippen molar-refractivity contribution >= 4 is 40.3 Å². The minimum atomic E-state index is -4.77. The van der Waals surface area contributed by atoms with Gasteiger partial charge in [-0.3, -0.25) is 9.69 Å². The summed E-state index contributed by atoms with van der Waals surface area (Å²) in [6.07, 6.45) is -3.32. The quantitative estimate of drug-likeness (QED) is 0.186. The van der Waals surface area contributed by atoms with E-state index in [0.29, 0.717) is 28.5 Å². The van der Waals surface area contributed by atoms with Crippen LogP contribution < -0.4 is 15.1 Å². The normalized spacial score (nSPS) is 14.9. The number of anilines is 1. The SMILES string of the molecule is C/C(=N\NC(=O)N=C1SCC(=O)N1c1ccccc1C(C)C)c1ccc(-c2ncn(-c3ccc(OC(F)(F)F)cc3)n2)cc1. The van der Waals surface area contributed by atoms with Gasteiger partial charge in [0.05, 0.1) is 22.8 Å². The minimum Gasteiger partial charge on any atom is -0.406 e. The fourth-order valence-electron chi connectivity index (χ4n) is 4.35. The second-order valence-corrected chi connectivity index (χ2v) is 10.8. The largest absolute Gasteiger partial charge is 0.573 e. The number of alkyl halides is 3. The van der Waals surface area contributed by atoms with Gasteiger partial charge in [-0.05, 0) is 54.3 Å². The van der Waals surface area contributed by atoms with Gasteiger partial charge < -0.3 is 4.74 Å². The molecule has 226 valence electrons. The molecule has 0 atom stereocenters. The number of urea groups is 1. The highest BCUT2D eigenvalue weighted by Crippen LogP contribution is 2.33. The molecule has 1 aliphatic rings. The number of aromatic nitrogens is 3. The molecular weight excluding hydrogens is 595 g/mol. The minimum absolute atomic E-state index is 0.151. The zero-order chi connectivity index (χ0) is 31.4. The van der Waals surface area contributed by atoms with Crippen molar-refractivity contribution in [3.8, 4) is 22.8 Å². The lowest BCUT2D eigenvalue weighted by molar-refractivity contribution is -0.274. The number of nitrogens with one attached hydrogen (secondary N) is 1. The maximum absolute atomic E-state index is 12.7. The van der Waals surface area contributed by atoms with Gasteiger partial charge in [-0.1, -0.05) is 68.1 Å². The molecular formula is C30H26F3N7O3S. The number of hydrogen-bond acceptors (Lipinski definition) is 7. The van der Waals surface area contributed by atoms with Gasteiger partial charge in [-0.2, -0.15) is 10.1 Å². The molecule has 5 rings (SSSR count). The van der Waals surface area contributed by atoms with Crippen molar-refractivity contribution in [1.82, 2.24) is 20.2 Å². The molecule has 0 spiro atoms. The number of hydrazone groups is 1. The van der Waals surface area contributed by atoms with Gasteiger partial charge in [0.1, 0.15) is 12.1 Å². The first-order chi connectivity index (χ1) is 21.0. The molecule has 0 bridgehead atoms. The molecule has 44 heavy (non-hydrogen) atoms. The van der Waals surface area contributed by atoms with Crippen molar-refractivity contribution in [2.24, 2.45) is 10.1 Å². The van der Waals surface area contributed by atoms with Crippen molar-refractivity contribution in [2.45, 2.75) is 33.1 Å². The van der Waals surface area contributed by atoms with Crippen LogP contribution in [0.15, 0.2) is 89.2 Å². The molecule has 1 aliphatic heterocycles. The summed E-state index contributed by atoms with van der Waals surface area (Å²) in [6, 6.07) is 19.2. The van der Waals surface area contributed by atoms with Gasteiger partial charge in [0, 0.05) is 5.56 Å². The number of thioether (sulfide) groups is 1. The van der Waals surface area contributed by atoms with Gasteiger partial charge in [0.25, 0.3) is 0 Å². The summed E-state index contributed by atoms with van der Waals surface area (Å²) in [5.41, 5.74) is 6.54. The van der Waals surface area contributed by atoms with E-state index in [9.17, 15) is 22.8 Å². The highest BCUT2D eigenvalue weighted by Gasteiger charge is 2.32. The Morgan fingerprint density at radius 2 is 1.75 bits per heavy atom. The van der Waals surface area contributed by atoms with E-state index in [1.807, 2.05) is 38.1 Å². The first-order valence-corrected chi connectivity index (χ1v) is 14.3. The summed E-state index contributed by atoms with van der Waals surface area (Å²) in [4.78, 5) is 35.2. The van der Waals surface area contributed by atoms with Crippen LogP contribution >= 0.6 is 11.8 Å². The van der Waals surface area contributed by atoms with Crippen LogP contribution in [0.4, 0.5) is 23.7 Å². The van der Waals surface area contributed by atoms with E-state index in [1.165, 1.54) is 51.9 Å². The number of nitrogens with zero attached hydrogens (tertiary/aromatic N) is 6. The second-order valence-electron chi connectivity index (χ2n) is 9.87. The van der Waals surface area contributed by atoms with E-state index in [4.69, 9.17) is 0 Å². The summed E-state index contributed by atoms with van der Waals surface area (Å²) in [5, 5.41) is 8.84. The molecule has 2 heterocycles. The van der Waals surface area contributed by atoms with Crippen LogP contribution in [0.5, 0.6) is 5.75 Å². The van der Waals surface area contributed by atoms with Crippen molar-refractivity contribution in [2.75, 3.05) is 10.7 Å². The van der Waals surface area contributed by atoms with E-state index >= 15 is 0 Å². The van der Waals surface area contributed by atoms with Crippen molar-refractivity contribution in [3.05, 3.63) is 90.3 Å². The lowest BCUT2D eigenvalue weighted by Gasteiger charge is -2.21. The van der Waals surface area contributed by atoms with Crippen molar-refractivity contribution < 1.29 is 27.5 Å². The zero-order valence-electron chi connectivity index (χ0n) is 23.7. The lowest BCUT2D eigenvalue weighted by Crippen LogP contribution is -2.31. The topological polar surface area (TPSA) is 114 Å². The number of carbonyl (C=O) groups is 2. The third-order valence-corrected chi connectivity index (χ3v) is 7.39. The summed E-state index contributed by atoms with van der Waals surface area (Å²) in [5.74, 6) is 0.274. The number of benzene rings is 3. The molecule has 14 heteroatoms. The van der Waals surface area contributed by atoms with Crippen molar-refractivity contribution in [1.29, 1.82) is 0 Å². The van der Waals surface area contributed by atoms with Crippen LogP contribution in [0.1, 0.15) is 37.8 Å². The van der Waals surface area contributed by atoms with Crippen LogP contribution in [0.3, 0.4) is 0 Å². The number of carbonyl (C=O) groups excluding carboxylic acids is 2. The van der Waals surface area contributed by atoms with Crippen LogP contribution in [0.2, 0.25) is 0 Å². The molecule has 0 unspecified atom stereocenters. The number of aliphatic imine (C=N–C) groups is 1. The second kappa shape index (κ2) is 12.7. The molecule has 0 aliphatic carbocycles. The Morgan fingerprint density at radius 3 is 2.43 bits per heavy atom. The van der Waals surface area contributed by atoms with E-state index in [1.54, 1.807) is 31.2 Å². The first-order valence-electron chi connectivity index (χ1n) is 13.3. The molecule has 1 aromatic heterocycles. The Hall–Kier alpha value is -4.98. The average Bonchev–Trinajstić information content (AvgIpc) is 3.62. The molecule has 3 aromatic carbocycles. The molecule has 3 amide bonds. The summed E-state index contributed by atoms with van der Waals surface area (Å²) < 4.78 is 42.5. The standard InChI is InChI=1S/C30H26F3N7O3S/c1-18(2)24-6-4-5-7-25(24)40-26(41)16-44-29(40)35-28(42)37-36-19(3)20-8-10-21(11-9-20)27-34-17-39(38-27)22-12-14-23(15-13-22)43-30(31,32)33/h4-15,17-18H,16H2,1-3H3,(H,37,42)/b35-29?,36-19+. The van der Waals surface area contributed by atoms with Gasteiger partial charge in [0.15, 0.2) is 11.0 Å². The molecule has 1 N–H and O–H groups in total. The number of ether oxygens (including phenoxy) is 1. The number of halogens is 3. The Labute approximate surface area is 254 Å². The van der Waals surface area contributed by atoms with E-state index < -0.39 is 12.4 Å². The third-order valence-electron chi connectivity index (χ3n) is 6.47. The first kappa shape index (κ1) is 30.5. The van der Waals surface area contributed by atoms with E-state index in [2.05, 4.69) is 30.3 Å². The molecule has 10 nitrogen and oxygen atoms in total. The fraction of sp³-hybridized carbons (Fsp3) is 0.200. The average molecular weight is 622 g/mol. The lowest BCUT2D eigenvalue weighted by atomic mass is 10.0. The van der Waals surface area contributed by atoms with Crippen LogP contribution in [-0.4, -0.2) is 49.7 Å². The summed E-state index contributed by atoms with van der Waals surface area (Å²) in [7, 11) is 0. The van der Waals surface area contributed by atoms with Crippen molar-refractivity contribution in [3.63, 3.8) is 0 Å². The van der Waals surface area contributed by atoms with Gasteiger partial charge >= 0.3 is 12.4 Å².